The quantitative estimate of drug-likeness (QED) is 0.491. The molecule has 0 aliphatic carbocycles. The molecular weight excluding hydrogens is 481 g/mol. The smallest absolute Gasteiger partial charge is 0.262 e. The molecule has 0 radical (unpaired) electrons. The highest BCUT2D eigenvalue weighted by atomic mass is 79.9. The van der Waals surface area contributed by atoms with Crippen molar-refractivity contribution in [1.82, 2.24) is 10.2 Å². The Labute approximate surface area is 191 Å². The summed E-state index contributed by atoms with van der Waals surface area (Å²) >= 11 is 3.45. The Morgan fingerprint density at radius 2 is 2.12 bits per heavy atom. The number of H-pyrrole nitrogens is 1. The minimum Gasteiger partial charge on any atom is -0.483 e. The van der Waals surface area contributed by atoms with Crippen molar-refractivity contribution < 1.29 is 18.7 Å². The number of carbonyl (C=O) groups is 1. The van der Waals surface area contributed by atoms with Gasteiger partial charge in [0.15, 0.2) is 6.61 Å². The lowest BCUT2D eigenvalue weighted by atomic mass is 9.83. The Balaban J connectivity index is 1.64. The Hall–Kier alpha value is -3.84. The predicted molar refractivity (Wildman–Crippen MR) is 117 cm³/mol. The van der Waals surface area contributed by atoms with Crippen LogP contribution in [0.2, 0.25) is 0 Å². The van der Waals surface area contributed by atoms with Crippen LogP contribution in [0.25, 0.3) is 0 Å². The Kier molecular flexibility index (Phi) is 5.83. The maximum atomic E-state index is 13.1. The van der Waals surface area contributed by atoms with Crippen LogP contribution in [-0.2, 0) is 4.79 Å². The Bertz CT molecular complexity index is 1260. The molecule has 8 nitrogen and oxygen atoms in total. The molecule has 1 amide bonds. The topological polar surface area (TPSA) is 126 Å². The first-order chi connectivity index (χ1) is 15.4. The van der Waals surface area contributed by atoms with Gasteiger partial charge in [0, 0.05) is 27.0 Å². The first-order valence-electron chi connectivity index (χ1n) is 9.47. The normalized spacial score (nSPS) is 14.9. The number of nitriles is 1. The molecule has 0 spiro atoms. The molecular formula is C22H17BrFN5O3. The molecule has 0 fully saturated rings. The molecule has 4 N–H and O–H groups in total. The van der Waals surface area contributed by atoms with E-state index in [2.05, 4.69) is 37.5 Å². The van der Waals surface area contributed by atoms with E-state index in [-0.39, 0.29) is 23.9 Å². The van der Waals surface area contributed by atoms with Gasteiger partial charge in [-0.3, -0.25) is 9.89 Å². The van der Waals surface area contributed by atoms with Crippen LogP contribution in [0.4, 0.5) is 10.1 Å². The summed E-state index contributed by atoms with van der Waals surface area (Å²) in [7, 11) is 0. The van der Waals surface area contributed by atoms with E-state index in [1.807, 2.05) is 6.92 Å². The Morgan fingerprint density at radius 3 is 2.84 bits per heavy atom. The molecule has 2 aromatic carbocycles. The average molecular weight is 498 g/mol. The van der Waals surface area contributed by atoms with Gasteiger partial charge in [-0.15, -0.1) is 5.10 Å². The second kappa shape index (κ2) is 8.72. The number of fused-ring (bicyclic) bond motifs is 1. The van der Waals surface area contributed by atoms with Crippen LogP contribution in [-0.4, -0.2) is 22.7 Å². The maximum absolute atomic E-state index is 13.1. The zero-order valence-corrected chi connectivity index (χ0v) is 18.4. The number of aryl methyl sites for hydroxylation is 1. The monoisotopic (exact) mass is 497 g/mol. The first-order valence-corrected chi connectivity index (χ1v) is 10.3. The molecule has 3 aromatic rings. The summed E-state index contributed by atoms with van der Waals surface area (Å²) in [5.74, 6) is -0.796. The van der Waals surface area contributed by atoms with E-state index < -0.39 is 17.6 Å². The second-order valence-corrected chi connectivity index (χ2v) is 7.93. The number of ether oxygens (including phenoxy) is 2. The maximum Gasteiger partial charge on any atom is 0.262 e. The lowest BCUT2D eigenvalue weighted by molar-refractivity contribution is -0.118. The third kappa shape index (κ3) is 4.15. The van der Waals surface area contributed by atoms with Crippen molar-refractivity contribution in [2.24, 2.45) is 5.73 Å². The zero-order chi connectivity index (χ0) is 22.8. The largest absolute Gasteiger partial charge is 0.483 e. The number of nitrogens with two attached hydrogens (primary N) is 1. The molecule has 0 saturated heterocycles. The van der Waals surface area contributed by atoms with Crippen LogP contribution < -0.4 is 20.5 Å². The van der Waals surface area contributed by atoms with Crippen LogP contribution >= 0.6 is 15.9 Å². The number of anilines is 1. The van der Waals surface area contributed by atoms with Gasteiger partial charge in [0.1, 0.15) is 23.2 Å². The van der Waals surface area contributed by atoms with Gasteiger partial charge in [-0.1, -0.05) is 15.9 Å². The zero-order valence-electron chi connectivity index (χ0n) is 16.8. The van der Waals surface area contributed by atoms with Gasteiger partial charge in [-0.05, 0) is 49.4 Å². The number of aromatic amines is 1. The lowest BCUT2D eigenvalue weighted by Gasteiger charge is -2.25. The van der Waals surface area contributed by atoms with Crippen molar-refractivity contribution in [1.29, 1.82) is 5.26 Å². The van der Waals surface area contributed by atoms with Crippen molar-refractivity contribution in [2.45, 2.75) is 12.8 Å². The summed E-state index contributed by atoms with van der Waals surface area (Å²) in [6.45, 7) is 1.51. The van der Waals surface area contributed by atoms with E-state index >= 15 is 0 Å². The van der Waals surface area contributed by atoms with E-state index in [4.69, 9.17) is 15.2 Å². The van der Waals surface area contributed by atoms with Crippen molar-refractivity contribution >= 4 is 27.5 Å². The molecule has 162 valence electrons. The first kappa shape index (κ1) is 21.4. The third-order valence-corrected chi connectivity index (χ3v) is 5.39. The number of nitrogens with zero attached hydrogens (tertiary/aromatic N) is 2. The summed E-state index contributed by atoms with van der Waals surface area (Å²) in [5, 5.41) is 19.4. The second-order valence-electron chi connectivity index (χ2n) is 7.02. The minimum atomic E-state index is -0.602. The molecule has 1 aliphatic heterocycles. The highest BCUT2D eigenvalue weighted by Crippen LogP contribution is 2.46. The van der Waals surface area contributed by atoms with E-state index in [1.165, 1.54) is 24.3 Å². The summed E-state index contributed by atoms with van der Waals surface area (Å²) in [4.78, 5) is 12.4. The van der Waals surface area contributed by atoms with Crippen LogP contribution in [0, 0.1) is 24.1 Å². The van der Waals surface area contributed by atoms with Crippen LogP contribution in [0.1, 0.15) is 22.7 Å². The van der Waals surface area contributed by atoms with Gasteiger partial charge in [-0.2, -0.15) is 5.26 Å². The third-order valence-electron chi connectivity index (χ3n) is 4.90. The predicted octanol–water partition coefficient (Wildman–Crippen LogP) is 3.86. The van der Waals surface area contributed by atoms with Gasteiger partial charge in [0.25, 0.3) is 5.91 Å². The average Bonchev–Trinajstić information content (AvgIpc) is 3.13. The molecule has 0 bridgehead atoms. The number of allylic oxidation sites excluding steroid dienone is 1. The number of aromatic nitrogens is 2. The van der Waals surface area contributed by atoms with Gasteiger partial charge < -0.3 is 20.5 Å². The van der Waals surface area contributed by atoms with Gasteiger partial charge in [-0.25, -0.2) is 4.39 Å². The molecule has 1 unspecified atom stereocenters. The number of benzene rings is 2. The number of amides is 1. The van der Waals surface area contributed by atoms with Crippen LogP contribution in [0.15, 0.2) is 58.4 Å². The fourth-order valence-electron chi connectivity index (χ4n) is 3.46. The van der Waals surface area contributed by atoms with E-state index in [0.717, 1.165) is 4.47 Å². The fourth-order valence-corrected chi connectivity index (χ4v) is 3.84. The molecule has 2 heterocycles. The lowest BCUT2D eigenvalue weighted by Crippen LogP contribution is -2.23. The molecule has 1 aliphatic rings. The molecule has 32 heavy (non-hydrogen) atoms. The van der Waals surface area contributed by atoms with Crippen LogP contribution in [0.5, 0.6) is 11.6 Å². The standard InChI is InChI=1S/C22H17BrFN5O3/c1-11-19-20(16(9-25)21(26)32-22(19)29-28-11)15-8-12(23)2-7-17(15)31-10-18(30)27-14-5-3-13(24)4-6-14/h2-8,20H,10,26H2,1H3,(H,27,30)(H,28,29). The molecule has 1 atom stereocenters. The number of hydrogen-bond acceptors (Lipinski definition) is 6. The van der Waals surface area contributed by atoms with Gasteiger partial charge in [0.05, 0.1) is 5.92 Å². The molecule has 0 saturated carbocycles. The fraction of sp³-hybridized carbons (Fsp3) is 0.136. The van der Waals surface area contributed by atoms with Crippen molar-refractivity contribution in [3.05, 3.63) is 81.0 Å². The van der Waals surface area contributed by atoms with Crippen LogP contribution in [0.3, 0.4) is 0 Å². The highest BCUT2D eigenvalue weighted by molar-refractivity contribution is 9.10. The molecule has 1 aromatic heterocycles. The number of carbonyl (C=O) groups excluding carboxylic acids is 1. The summed E-state index contributed by atoms with van der Waals surface area (Å²) in [5.41, 5.74) is 8.63. The van der Waals surface area contributed by atoms with Crippen molar-refractivity contribution in [3.8, 4) is 17.7 Å². The van der Waals surface area contributed by atoms with Gasteiger partial charge >= 0.3 is 0 Å². The van der Waals surface area contributed by atoms with Crippen molar-refractivity contribution in [3.63, 3.8) is 0 Å². The van der Waals surface area contributed by atoms with E-state index in [1.54, 1.807) is 18.2 Å². The van der Waals surface area contributed by atoms with E-state index in [9.17, 15) is 14.4 Å². The number of hydrogen-bond donors (Lipinski definition) is 3. The number of nitrogens with one attached hydrogen (secondary N) is 2. The summed E-state index contributed by atoms with van der Waals surface area (Å²) < 4.78 is 25.1. The summed E-state index contributed by atoms with van der Waals surface area (Å²) in [6.07, 6.45) is 0. The van der Waals surface area contributed by atoms with Gasteiger partial charge in [0.2, 0.25) is 11.8 Å². The van der Waals surface area contributed by atoms with E-state index in [0.29, 0.717) is 28.3 Å². The Morgan fingerprint density at radius 1 is 1.38 bits per heavy atom. The molecule has 10 heteroatoms. The highest BCUT2D eigenvalue weighted by Gasteiger charge is 2.36. The molecule has 4 rings (SSSR count). The number of halogens is 2. The number of rotatable bonds is 5. The summed E-state index contributed by atoms with van der Waals surface area (Å²) in [6, 6.07) is 12.8. The van der Waals surface area contributed by atoms with Crippen molar-refractivity contribution in [2.75, 3.05) is 11.9 Å². The minimum absolute atomic E-state index is 0.0449. The SMILES string of the molecule is Cc1[nH]nc2c1C(c1cc(Br)ccc1OCC(=O)Nc1ccc(F)cc1)C(C#N)=C(N)O2.